The van der Waals surface area contributed by atoms with E-state index in [1.807, 2.05) is 12.1 Å². The van der Waals surface area contributed by atoms with Crippen LogP contribution in [-0.2, 0) is 6.42 Å². The molecule has 6 heteroatoms. The average Bonchev–Trinajstić information content (AvgIpc) is 2.83. The topological polar surface area (TPSA) is 77.8 Å². The predicted molar refractivity (Wildman–Crippen MR) is 74.3 cm³/mol. The van der Waals surface area contributed by atoms with Crippen molar-refractivity contribution in [2.75, 3.05) is 6.54 Å². The first-order valence-corrected chi connectivity index (χ1v) is 7.15. The molecule has 0 radical (unpaired) electrons. The third-order valence-corrected chi connectivity index (χ3v) is 4.27. The van der Waals surface area contributed by atoms with Crippen LogP contribution < -0.4 is 5.73 Å². The van der Waals surface area contributed by atoms with E-state index in [1.54, 1.807) is 6.20 Å². The van der Waals surface area contributed by atoms with E-state index in [0.717, 1.165) is 23.7 Å². The number of hydrogen-bond acceptors (Lipinski definition) is 5. The van der Waals surface area contributed by atoms with Crippen molar-refractivity contribution in [3.05, 3.63) is 28.7 Å². The molecule has 19 heavy (non-hydrogen) atoms. The molecule has 1 aliphatic rings. The van der Waals surface area contributed by atoms with Crippen LogP contribution in [0.3, 0.4) is 0 Å². The average molecular weight is 323 g/mol. The fraction of sp³-hybridized carbons (Fsp3) is 0.462. The van der Waals surface area contributed by atoms with Gasteiger partial charge < -0.3 is 10.3 Å². The minimum atomic E-state index is 0.178. The molecule has 0 aliphatic heterocycles. The van der Waals surface area contributed by atoms with E-state index in [2.05, 4.69) is 31.1 Å². The summed E-state index contributed by atoms with van der Waals surface area (Å²) in [6, 6.07) is 3.77. The second kappa shape index (κ2) is 5.02. The van der Waals surface area contributed by atoms with Crippen LogP contribution >= 0.6 is 15.9 Å². The molecule has 1 aliphatic carbocycles. The summed E-state index contributed by atoms with van der Waals surface area (Å²) in [5.74, 6) is 1.19. The van der Waals surface area contributed by atoms with Crippen LogP contribution in [0.1, 0.15) is 25.2 Å². The van der Waals surface area contributed by atoms with Crippen LogP contribution in [0, 0.1) is 5.41 Å². The van der Waals surface area contributed by atoms with Gasteiger partial charge in [-0.1, -0.05) is 11.6 Å². The van der Waals surface area contributed by atoms with Crippen LogP contribution in [0.25, 0.3) is 11.5 Å². The zero-order chi connectivity index (χ0) is 13.3. The highest BCUT2D eigenvalue weighted by Crippen LogP contribution is 2.42. The fourth-order valence-corrected chi connectivity index (χ4v) is 2.62. The molecule has 2 N–H and O–H groups in total. The van der Waals surface area contributed by atoms with Crippen LogP contribution in [0.2, 0.25) is 0 Å². The van der Waals surface area contributed by atoms with E-state index >= 15 is 0 Å². The number of hydrogen-bond donors (Lipinski definition) is 1. The van der Waals surface area contributed by atoms with Gasteiger partial charge in [0.05, 0.1) is 0 Å². The lowest BCUT2D eigenvalue weighted by molar-refractivity contribution is 0.129. The monoisotopic (exact) mass is 322 g/mol. The Bertz CT molecular complexity index is 557. The SMILES string of the molecule is NCC1(Cc2nc(-c3ccc(Br)cn3)no2)CCC1. The first-order valence-electron chi connectivity index (χ1n) is 6.35. The molecule has 1 saturated carbocycles. The second-order valence-corrected chi connectivity index (χ2v) is 6.02. The summed E-state index contributed by atoms with van der Waals surface area (Å²) >= 11 is 3.35. The van der Waals surface area contributed by atoms with Crippen molar-refractivity contribution in [1.29, 1.82) is 0 Å². The maximum absolute atomic E-state index is 5.84. The molecule has 2 heterocycles. The van der Waals surface area contributed by atoms with Crippen LogP contribution in [0.4, 0.5) is 0 Å². The largest absolute Gasteiger partial charge is 0.339 e. The Labute approximate surface area is 119 Å². The normalized spacial score (nSPS) is 17.2. The van der Waals surface area contributed by atoms with Gasteiger partial charge in [0.25, 0.3) is 0 Å². The zero-order valence-electron chi connectivity index (χ0n) is 10.5. The summed E-state index contributed by atoms with van der Waals surface area (Å²) in [7, 11) is 0. The number of halogens is 1. The van der Waals surface area contributed by atoms with Gasteiger partial charge in [0.2, 0.25) is 11.7 Å². The first kappa shape index (κ1) is 12.7. The summed E-state index contributed by atoms with van der Waals surface area (Å²) in [5, 5.41) is 3.99. The van der Waals surface area contributed by atoms with E-state index in [4.69, 9.17) is 10.3 Å². The molecular weight excluding hydrogens is 308 g/mol. The van der Waals surface area contributed by atoms with Crippen molar-refractivity contribution < 1.29 is 4.52 Å². The van der Waals surface area contributed by atoms with E-state index in [-0.39, 0.29) is 5.41 Å². The molecule has 3 rings (SSSR count). The Morgan fingerprint density at radius 1 is 1.37 bits per heavy atom. The molecule has 0 saturated heterocycles. The lowest BCUT2D eigenvalue weighted by Gasteiger charge is -2.39. The van der Waals surface area contributed by atoms with Gasteiger partial charge in [-0.2, -0.15) is 4.98 Å². The molecule has 2 aromatic heterocycles. The third kappa shape index (κ3) is 2.55. The highest BCUT2D eigenvalue weighted by atomic mass is 79.9. The molecular formula is C13H15BrN4O. The maximum atomic E-state index is 5.84. The van der Waals surface area contributed by atoms with Crippen molar-refractivity contribution in [2.45, 2.75) is 25.7 Å². The fourth-order valence-electron chi connectivity index (χ4n) is 2.39. The molecule has 0 atom stereocenters. The van der Waals surface area contributed by atoms with Crippen molar-refractivity contribution >= 4 is 15.9 Å². The van der Waals surface area contributed by atoms with Crippen LogP contribution in [-0.4, -0.2) is 21.7 Å². The molecule has 0 bridgehead atoms. The van der Waals surface area contributed by atoms with Gasteiger partial charge in [0, 0.05) is 17.1 Å². The smallest absolute Gasteiger partial charge is 0.227 e. The highest BCUT2D eigenvalue weighted by Gasteiger charge is 2.37. The zero-order valence-corrected chi connectivity index (χ0v) is 12.1. The van der Waals surface area contributed by atoms with Gasteiger partial charge in [0.15, 0.2) is 0 Å². The van der Waals surface area contributed by atoms with Gasteiger partial charge in [0.1, 0.15) is 5.69 Å². The lowest BCUT2D eigenvalue weighted by atomic mass is 9.67. The summed E-state index contributed by atoms with van der Waals surface area (Å²) < 4.78 is 6.24. The van der Waals surface area contributed by atoms with E-state index in [0.29, 0.717) is 24.0 Å². The maximum Gasteiger partial charge on any atom is 0.227 e. The standard InChI is InChI=1S/C13H15BrN4O/c14-9-2-3-10(16-7-9)12-17-11(19-18-12)6-13(8-15)4-1-5-13/h2-3,7H,1,4-6,8,15H2. The Kier molecular flexibility index (Phi) is 3.36. The van der Waals surface area contributed by atoms with Crippen molar-refractivity contribution in [2.24, 2.45) is 11.1 Å². The van der Waals surface area contributed by atoms with Gasteiger partial charge in [-0.3, -0.25) is 4.98 Å². The lowest BCUT2D eigenvalue weighted by Crippen LogP contribution is -2.39. The second-order valence-electron chi connectivity index (χ2n) is 5.11. The first-order chi connectivity index (χ1) is 9.21. The number of aromatic nitrogens is 3. The predicted octanol–water partition coefficient (Wildman–Crippen LogP) is 2.57. The number of nitrogens with two attached hydrogens (primary N) is 1. The van der Waals surface area contributed by atoms with Crippen LogP contribution in [0.5, 0.6) is 0 Å². The minimum absolute atomic E-state index is 0.178. The van der Waals surface area contributed by atoms with Crippen molar-refractivity contribution in [1.82, 2.24) is 15.1 Å². The third-order valence-electron chi connectivity index (χ3n) is 3.80. The Hall–Kier alpha value is -1.27. The van der Waals surface area contributed by atoms with E-state index in [1.165, 1.54) is 6.42 Å². The van der Waals surface area contributed by atoms with Gasteiger partial charge in [-0.05, 0) is 52.9 Å². The minimum Gasteiger partial charge on any atom is -0.339 e. The van der Waals surface area contributed by atoms with Gasteiger partial charge in [-0.25, -0.2) is 0 Å². The number of pyridine rings is 1. The van der Waals surface area contributed by atoms with Gasteiger partial charge >= 0.3 is 0 Å². The summed E-state index contributed by atoms with van der Waals surface area (Å²) in [5.41, 5.74) is 6.74. The molecule has 0 spiro atoms. The molecule has 2 aromatic rings. The van der Waals surface area contributed by atoms with E-state index in [9.17, 15) is 0 Å². The summed E-state index contributed by atoms with van der Waals surface area (Å²) in [4.78, 5) is 8.67. The summed E-state index contributed by atoms with van der Waals surface area (Å²) in [6.07, 6.45) is 6.04. The Morgan fingerprint density at radius 3 is 2.79 bits per heavy atom. The molecule has 0 amide bonds. The quantitative estimate of drug-likeness (QED) is 0.935. The molecule has 100 valence electrons. The number of nitrogens with zero attached hydrogens (tertiary/aromatic N) is 3. The highest BCUT2D eigenvalue weighted by molar-refractivity contribution is 9.10. The molecule has 5 nitrogen and oxygen atoms in total. The van der Waals surface area contributed by atoms with Crippen LogP contribution in [0.15, 0.2) is 27.3 Å². The van der Waals surface area contributed by atoms with Gasteiger partial charge in [-0.15, -0.1) is 0 Å². The molecule has 0 aromatic carbocycles. The van der Waals surface area contributed by atoms with Crippen molar-refractivity contribution in [3.8, 4) is 11.5 Å². The number of rotatable bonds is 4. The van der Waals surface area contributed by atoms with E-state index < -0.39 is 0 Å². The Morgan fingerprint density at radius 2 is 2.21 bits per heavy atom. The van der Waals surface area contributed by atoms with Crippen molar-refractivity contribution in [3.63, 3.8) is 0 Å². The molecule has 0 unspecified atom stereocenters. The summed E-state index contributed by atoms with van der Waals surface area (Å²) in [6.45, 7) is 0.682. The molecule has 1 fully saturated rings. The Balaban J connectivity index is 1.77.